The number of nitrogens with two attached hydrogens (primary N) is 1. The monoisotopic (exact) mass is 293 g/mol. The molecule has 21 heavy (non-hydrogen) atoms. The van der Waals surface area contributed by atoms with Gasteiger partial charge in [0.15, 0.2) is 0 Å². The summed E-state index contributed by atoms with van der Waals surface area (Å²) in [6.45, 7) is -2.97. The first-order valence-corrected chi connectivity index (χ1v) is 6.02. The van der Waals surface area contributed by atoms with Crippen LogP contribution >= 0.6 is 0 Å². The molecule has 2 amide bonds. The molecule has 0 spiro atoms. The Hall–Kier alpha value is -2.83. The largest absolute Gasteiger partial charge is 0.433 e. The lowest BCUT2D eigenvalue weighted by molar-refractivity contribution is -0.0493. The van der Waals surface area contributed by atoms with E-state index in [9.17, 15) is 13.6 Å². The van der Waals surface area contributed by atoms with Gasteiger partial charge in [0.2, 0.25) is 0 Å². The van der Waals surface area contributed by atoms with Gasteiger partial charge in [0.05, 0.1) is 5.69 Å². The fraction of sp³-hybridized carbons (Fsp3) is 0.0714. The second kappa shape index (κ2) is 6.56. The highest BCUT2D eigenvalue weighted by atomic mass is 19.3. The predicted molar refractivity (Wildman–Crippen MR) is 76.6 cm³/mol. The lowest BCUT2D eigenvalue weighted by Crippen LogP contribution is -2.20. The van der Waals surface area contributed by atoms with Crippen LogP contribution in [-0.4, -0.2) is 12.6 Å². The van der Waals surface area contributed by atoms with Crippen LogP contribution in [0.15, 0.2) is 48.5 Å². The Bertz CT molecular complexity index is 635. The molecule has 0 saturated carbocycles. The number of hydrogen-bond donors (Lipinski definition) is 3. The highest BCUT2D eigenvalue weighted by Crippen LogP contribution is 2.25. The van der Waals surface area contributed by atoms with Crippen LogP contribution in [0.25, 0.3) is 0 Å². The highest BCUT2D eigenvalue weighted by molar-refractivity contribution is 6.00. The van der Waals surface area contributed by atoms with Gasteiger partial charge in [-0.2, -0.15) is 8.78 Å². The van der Waals surface area contributed by atoms with E-state index in [0.717, 1.165) is 0 Å². The SMILES string of the molecule is Nc1cccc(NC(=O)Nc2ccccc2OC(F)F)c1. The van der Waals surface area contributed by atoms with E-state index >= 15 is 0 Å². The number of nitrogen functional groups attached to an aromatic ring is 1. The number of ether oxygens (including phenoxy) is 1. The van der Waals surface area contributed by atoms with Crippen LogP contribution < -0.4 is 21.1 Å². The van der Waals surface area contributed by atoms with E-state index in [1.807, 2.05) is 0 Å². The summed E-state index contributed by atoms with van der Waals surface area (Å²) >= 11 is 0. The Morgan fingerprint density at radius 1 is 1.10 bits per heavy atom. The van der Waals surface area contributed by atoms with Crippen molar-refractivity contribution in [1.82, 2.24) is 0 Å². The number of halogens is 2. The zero-order valence-corrected chi connectivity index (χ0v) is 10.8. The van der Waals surface area contributed by atoms with E-state index in [1.54, 1.807) is 30.3 Å². The molecule has 0 radical (unpaired) electrons. The van der Waals surface area contributed by atoms with Gasteiger partial charge in [-0.05, 0) is 30.3 Å². The zero-order chi connectivity index (χ0) is 15.2. The molecule has 0 saturated heterocycles. The summed E-state index contributed by atoms with van der Waals surface area (Å²) in [5.41, 5.74) is 6.71. The molecular weight excluding hydrogens is 280 g/mol. The quantitative estimate of drug-likeness (QED) is 0.755. The Balaban J connectivity index is 2.06. The first kappa shape index (κ1) is 14.6. The predicted octanol–water partition coefficient (Wildman–Crippen LogP) is 3.51. The third kappa shape index (κ3) is 4.34. The summed E-state index contributed by atoms with van der Waals surface area (Å²) in [7, 11) is 0. The van der Waals surface area contributed by atoms with Crippen LogP contribution in [0.4, 0.5) is 30.6 Å². The molecule has 110 valence electrons. The summed E-state index contributed by atoms with van der Waals surface area (Å²) in [5.74, 6) is -0.116. The van der Waals surface area contributed by atoms with Gasteiger partial charge in [-0.15, -0.1) is 0 Å². The highest BCUT2D eigenvalue weighted by Gasteiger charge is 2.11. The molecule has 0 aliphatic heterocycles. The second-order valence-electron chi connectivity index (χ2n) is 4.08. The molecule has 0 heterocycles. The number of alkyl halides is 2. The van der Waals surface area contributed by atoms with Crippen LogP contribution in [0.1, 0.15) is 0 Å². The standard InChI is InChI=1S/C14H13F2N3O2/c15-13(16)21-12-7-2-1-6-11(12)19-14(20)18-10-5-3-4-9(17)8-10/h1-8,13H,17H2,(H2,18,19,20). The minimum absolute atomic E-state index is 0.116. The fourth-order valence-corrected chi connectivity index (χ4v) is 1.67. The van der Waals surface area contributed by atoms with E-state index in [2.05, 4.69) is 15.4 Å². The van der Waals surface area contributed by atoms with Crippen molar-refractivity contribution in [3.8, 4) is 5.75 Å². The fourth-order valence-electron chi connectivity index (χ4n) is 1.67. The first-order chi connectivity index (χ1) is 10.0. The van der Waals surface area contributed by atoms with Crippen molar-refractivity contribution in [3.63, 3.8) is 0 Å². The second-order valence-corrected chi connectivity index (χ2v) is 4.08. The molecule has 2 aromatic carbocycles. The molecule has 0 bridgehead atoms. The lowest BCUT2D eigenvalue weighted by Gasteiger charge is -2.12. The third-order valence-electron chi connectivity index (χ3n) is 2.50. The number of nitrogens with one attached hydrogen (secondary N) is 2. The molecule has 2 aromatic rings. The number of hydrogen-bond acceptors (Lipinski definition) is 3. The summed E-state index contributed by atoms with van der Waals surface area (Å²) in [6.07, 6.45) is 0. The zero-order valence-electron chi connectivity index (χ0n) is 10.8. The average molecular weight is 293 g/mol. The normalized spacial score (nSPS) is 10.2. The van der Waals surface area contributed by atoms with Crippen molar-refractivity contribution in [1.29, 1.82) is 0 Å². The molecule has 2 rings (SSSR count). The summed E-state index contributed by atoms with van der Waals surface area (Å²) in [4.78, 5) is 11.8. The van der Waals surface area contributed by atoms with Crippen LogP contribution in [0.2, 0.25) is 0 Å². The summed E-state index contributed by atoms with van der Waals surface area (Å²) < 4.78 is 28.8. The maximum absolute atomic E-state index is 12.3. The minimum Gasteiger partial charge on any atom is -0.433 e. The summed E-state index contributed by atoms with van der Waals surface area (Å²) in [5, 5.41) is 4.97. The number of benzene rings is 2. The number of amides is 2. The molecule has 5 nitrogen and oxygen atoms in total. The Morgan fingerprint density at radius 3 is 2.57 bits per heavy atom. The van der Waals surface area contributed by atoms with Gasteiger partial charge in [-0.25, -0.2) is 4.79 Å². The lowest BCUT2D eigenvalue weighted by atomic mass is 10.3. The van der Waals surface area contributed by atoms with Crippen molar-refractivity contribution < 1.29 is 18.3 Å². The number of carbonyl (C=O) groups is 1. The van der Waals surface area contributed by atoms with E-state index < -0.39 is 12.6 Å². The van der Waals surface area contributed by atoms with Gasteiger partial charge in [-0.3, -0.25) is 0 Å². The van der Waals surface area contributed by atoms with Crippen LogP contribution in [-0.2, 0) is 0 Å². The van der Waals surface area contributed by atoms with E-state index in [1.165, 1.54) is 18.2 Å². The Kier molecular flexibility index (Phi) is 4.55. The van der Waals surface area contributed by atoms with Crippen molar-refractivity contribution in [3.05, 3.63) is 48.5 Å². The van der Waals surface area contributed by atoms with Gasteiger partial charge in [-0.1, -0.05) is 18.2 Å². The Labute approximate surface area is 119 Å². The van der Waals surface area contributed by atoms with Gasteiger partial charge in [0.1, 0.15) is 5.75 Å². The van der Waals surface area contributed by atoms with Crippen LogP contribution in [0, 0.1) is 0 Å². The van der Waals surface area contributed by atoms with Gasteiger partial charge in [0.25, 0.3) is 0 Å². The van der Waals surface area contributed by atoms with Crippen molar-refractivity contribution in [2.75, 3.05) is 16.4 Å². The molecule has 4 N–H and O–H groups in total. The van der Waals surface area contributed by atoms with Gasteiger partial charge in [0, 0.05) is 11.4 Å². The number of carbonyl (C=O) groups excluding carboxylic acids is 1. The molecule has 0 fully saturated rings. The average Bonchev–Trinajstić information content (AvgIpc) is 2.40. The molecular formula is C14H13F2N3O2. The molecule has 7 heteroatoms. The number of para-hydroxylation sites is 2. The number of urea groups is 1. The molecule has 0 aromatic heterocycles. The molecule has 0 unspecified atom stereocenters. The van der Waals surface area contributed by atoms with Crippen molar-refractivity contribution in [2.24, 2.45) is 0 Å². The van der Waals surface area contributed by atoms with E-state index in [0.29, 0.717) is 11.4 Å². The maximum atomic E-state index is 12.3. The Morgan fingerprint density at radius 2 is 1.86 bits per heavy atom. The van der Waals surface area contributed by atoms with Crippen molar-refractivity contribution >= 4 is 23.1 Å². The van der Waals surface area contributed by atoms with Crippen molar-refractivity contribution in [2.45, 2.75) is 6.61 Å². The minimum atomic E-state index is -2.97. The van der Waals surface area contributed by atoms with Crippen LogP contribution in [0.5, 0.6) is 5.75 Å². The molecule has 0 atom stereocenters. The number of rotatable bonds is 4. The topological polar surface area (TPSA) is 76.4 Å². The van der Waals surface area contributed by atoms with Crippen LogP contribution in [0.3, 0.4) is 0 Å². The maximum Gasteiger partial charge on any atom is 0.387 e. The first-order valence-electron chi connectivity index (χ1n) is 6.02. The van der Waals surface area contributed by atoms with Gasteiger partial charge < -0.3 is 21.1 Å². The van der Waals surface area contributed by atoms with E-state index in [4.69, 9.17) is 5.73 Å². The molecule has 0 aliphatic rings. The smallest absolute Gasteiger partial charge is 0.387 e. The molecule has 0 aliphatic carbocycles. The van der Waals surface area contributed by atoms with E-state index in [-0.39, 0.29) is 11.4 Å². The number of anilines is 3. The third-order valence-corrected chi connectivity index (χ3v) is 2.50. The van der Waals surface area contributed by atoms with Gasteiger partial charge >= 0.3 is 12.6 Å². The summed E-state index contributed by atoms with van der Waals surface area (Å²) in [6, 6.07) is 11.9.